The van der Waals surface area contributed by atoms with Gasteiger partial charge in [-0.1, -0.05) is 20.8 Å². The summed E-state index contributed by atoms with van der Waals surface area (Å²) in [5.41, 5.74) is -0.323. The molecule has 1 rings (SSSR count). The first-order valence-electron chi connectivity index (χ1n) is 4.96. The van der Waals surface area contributed by atoms with Gasteiger partial charge in [0, 0.05) is 0 Å². The highest BCUT2D eigenvalue weighted by molar-refractivity contribution is 7.87. The van der Waals surface area contributed by atoms with Crippen LogP contribution < -0.4 is 9.86 Å². The molecule has 1 unspecified atom stereocenters. The topological polar surface area (TPSA) is 85.3 Å². The molecule has 1 atom stereocenters. The normalized spacial score (nSPS) is 15.1. The third-order valence-corrected chi connectivity index (χ3v) is 2.76. The van der Waals surface area contributed by atoms with Gasteiger partial charge in [0.05, 0.1) is 6.04 Å². The van der Waals surface area contributed by atoms with Gasteiger partial charge in [-0.3, -0.25) is 0 Å². The molecule has 1 aromatic rings. The van der Waals surface area contributed by atoms with Crippen LogP contribution in [-0.4, -0.2) is 8.42 Å². The molecule has 0 spiro atoms. The van der Waals surface area contributed by atoms with E-state index in [4.69, 9.17) is 9.56 Å². The molecule has 0 aromatic carbocycles. The number of nitrogens with two attached hydrogens (primary N) is 1. The van der Waals surface area contributed by atoms with Crippen molar-refractivity contribution in [2.75, 3.05) is 0 Å². The Bertz CT molecular complexity index is 457. The van der Waals surface area contributed by atoms with E-state index in [1.54, 1.807) is 19.1 Å². The Labute approximate surface area is 96.2 Å². The molecule has 3 N–H and O–H groups in total. The average molecular weight is 246 g/mol. The van der Waals surface area contributed by atoms with Gasteiger partial charge in [0.1, 0.15) is 11.5 Å². The van der Waals surface area contributed by atoms with Crippen LogP contribution in [0.3, 0.4) is 0 Å². The number of aryl methyl sites for hydroxylation is 1. The van der Waals surface area contributed by atoms with Crippen LogP contribution in [0.15, 0.2) is 16.5 Å². The van der Waals surface area contributed by atoms with Crippen molar-refractivity contribution in [3.05, 3.63) is 23.7 Å². The minimum Gasteiger partial charge on any atom is -0.465 e. The van der Waals surface area contributed by atoms with E-state index in [1.165, 1.54) is 0 Å². The summed E-state index contributed by atoms with van der Waals surface area (Å²) in [5.74, 6) is 1.31. The maximum absolute atomic E-state index is 11.1. The smallest absolute Gasteiger partial charge is 0.275 e. The number of hydrogen-bond acceptors (Lipinski definition) is 3. The van der Waals surface area contributed by atoms with Crippen LogP contribution in [0.5, 0.6) is 0 Å². The van der Waals surface area contributed by atoms with Gasteiger partial charge in [-0.2, -0.15) is 13.1 Å². The van der Waals surface area contributed by atoms with Crippen LogP contribution in [0.1, 0.15) is 38.3 Å². The number of rotatable bonds is 3. The highest BCUT2D eigenvalue weighted by Crippen LogP contribution is 2.33. The van der Waals surface area contributed by atoms with Crippen molar-refractivity contribution < 1.29 is 12.8 Å². The Balaban J connectivity index is 3.07. The molecule has 0 aliphatic rings. The zero-order chi connectivity index (χ0) is 12.6. The van der Waals surface area contributed by atoms with Crippen molar-refractivity contribution in [2.24, 2.45) is 10.6 Å². The van der Waals surface area contributed by atoms with Crippen molar-refractivity contribution in [3.8, 4) is 0 Å². The van der Waals surface area contributed by atoms with Gasteiger partial charge in [-0.25, -0.2) is 5.14 Å². The number of furan rings is 1. The minimum absolute atomic E-state index is 0.323. The van der Waals surface area contributed by atoms with Crippen molar-refractivity contribution in [2.45, 2.75) is 33.7 Å². The Kier molecular flexibility index (Phi) is 3.47. The Hall–Kier alpha value is -0.850. The molecule has 0 saturated carbocycles. The predicted molar refractivity (Wildman–Crippen MR) is 61.9 cm³/mol. The van der Waals surface area contributed by atoms with E-state index in [2.05, 4.69) is 4.72 Å². The van der Waals surface area contributed by atoms with Gasteiger partial charge in [0.15, 0.2) is 0 Å². The molecule has 5 nitrogen and oxygen atoms in total. The SMILES string of the molecule is Cc1ccc(C(NS(N)(=O)=O)C(C)(C)C)o1. The summed E-state index contributed by atoms with van der Waals surface area (Å²) in [6, 6.07) is 3.07. The lowest BCUT2D eigenvalue weighted by molar-refractivity contribution is 0.262. The molecule has 0 radical (unpaired) electrons. The minimum atomic E-state index is -3.76. The molecular weight excluding hydrogens is 228 g/mol. The van der Waals surface area contributed by atoms with Crippen molar-refractivity contribution in [3.63, 3.8) is 0 Å². The third kappa shape index (κ3) is 3.62. The second-order valence-electron chi connectivity index (χ2n) is 4.91. The highest BCUT2D eigenvalue weighted by atomic mass is 32.2. The summed E-state index contributed by atoms with van der Waals surface area (Å²) in [6.07, 6.45) is 0. The van der Waals surface area contributed by atoms with E-state index in [9.17, 15) is 8.42 Å². The van der Waals surface area contributed by atoms with E-state index in [0.29, 0.717) is 5.76 Å². The Morgan fingerprint density at radius 2 is 1.94 bits per heavy atom. The first-order chi connectivity index (χ1) is 7.09. The molecule has 0 saturated heterocycles. The lowest BCUT2D eigenvalue weighted by atomic mass is 9.86. The van der Waals surface area contributed by atoms with E-state index < -0.39 is 16.3 Å². The molecular formula is C10H18N2O3S. The van der Waals surface area contributed by atoms with Crippen LogP contribution in [0.25, 0.3) is 0 Å². The van der Waals surface area contributed by atoms with Crippen molar-refractivity contribution >= 4 is 10.2 Å². The van der Waals surface area contributed by atoms with Gasteiger partial charge in [0.25, 0.3) is 10.2 Å². The number of nitrogens with one attached hydrogen (secondary N) is 1. The third-order valence-electron chi connectivity index (χ3n) is 2.19. The molecule has 92 valence electrons. The van der Waals surface area contributed by atoms with Crippen LogP contribution in [0, 0.1) is 12.3 Å². The van der Waals surface area contributed by atoms with Crippen LogP contribution in [0.2, 0.25) is 0 Å². The van der Waals surface area contributed by atoms with E-state index in [0.717, 1.165) is 5.76 Å². The second kappa shape index (κ2) is 4.20. The van der Waals surface area contributed by atoms with Crippen LogP contribution >= 0.6 is 0 Å². The van der Waals surface area contributed by atoms with Gasteiger partial charge in [0.2, 0.25) is 0 Å². The van der Waals surface area contributed by atoms with E-state index in [1.807, 2.05) is 20.8 Å². The first-order valence-corrected chi connectivity index (χ1v) is 6.50. The second-order valence-corrected chi connectivity index (χ2v) is 6.24. The molecule has 0 bridgehead atoms. The fourth-order valence-corrected chi connectivity index (χ4v) is 2.23. The quantitative estimate of drug-likeness (QED) is 0.846. The standard InChI is InChI=1S/C10H18N2O3S/c1-7-5-6-8(15-7)9(10(2,3)4)12-16(11,13)14/h5-6,9,12H,1-4H3,(H2,11,13,14). The molecule has 0 fully saturated rings. The fourth-order valence-electron chi connectivity index (χ4n) is 1.43. The van der Waals surface area contributed by atoms with E-state index in [-0.39, 0.29) is 5.41 Å². The Morgan fingerprint density at radius 1 is 1.38 bits per heavy atom. The molecule has 6 heteroatoms. The zero-order valence-electron chi connectivity index (χ0n) is 9.94. The number of hydrogen-bond donors (Lipinski definition) is 2. The predicted octanol–water partition coefficient (Wildman–Crippen LogP) is 1.47. The summed E-state index contributed by atoms with van der Waals surface area (Å²) in [6.45, 7) is 7.54. The monoisotopic (exact) mass is 246 g/mol. The molecule has 1 heterocycles. The van der Waals surface area contributed by atoms with Crippen molar-refractivity contribution in [1.29, 1.82) is 0 Å². The molecule has 16 heavy (non-hydrogen) atoms. The van der Waals surface area contributed by atoms with Crippen LogP contribution in [0.4, 0.5) is 0 Å². The molecule has 0 aliphatic heterocycles. The summed E-state index contributed by atoms with van der Waals surface area (Å²) < 4.78 is 30.0. The molecule has 0 aliphatic carbocycles. The summed E-state index contributed by atoms with van der Waals surface area (Å²) in [7, 11) is -3.76. The molecule has 1 aromatic heterocycles. The largest absolute Gasteiger partial charge is 0.465 e. The maximum Gasteiger partial charge on any atom is 0.275 e. The summed E-state index contributed by atoms with van der Waals surface area (Å²) >= 11 is 0. The lowest BCUT2D eigenvalue weighted by Crippen LogP contribution is -2.40. The van der Waals surface area contributed by atoms with E-state index >= 15 is 0 Å². The van der Waals surface area contributed by atoms with Crippen LogP contribution in [-0.2, 0) is 10.2 Å². The van der Waals surface area contributed by atoms with Crippen molar-refractivity contribution in [1.82, 2.24) is 4.72 Å². The Morgan fingerprint density at radius 3 is 2.25 bits per heavy atom. The summed E-state index contributed by atoms with van der Waals surface area (Å²) in [5, 5.41) is 5.00. The summed E-state index contributed by atoms with van der Waals surface area (Å²) in [4.78, 5) is 0. The highest BCUT2D eigenvalue weighted by Gasteiger charge is 2.31. The fraction of sp³-hybridized carbons (Fsp3) is 0.600. The first kappa shape index (κ1) is 13.2. The van der Waals surface area contributed by atoms with Gasteiger partial charge < -0.3 is 4.42 Å². The maximum atomic E-state index is 11.1. The van der Waals surface area contributed by atoms with Gasteiger partial charge in [-0.15, -0.1) is 0 Å². The molecule has 0 amide bonds. The van der Waals surface area contributed by atoms with Gasteiger partial charge >= 0.3 is 0 Å². The zero-order valence-corrected chi connectivity index (χ0v) is 10.8. The average Bonchev–Trinajstić information content (AvgIpc) is 2.43. The lowest BCUT2D eigenvalue weighted by Gasteiger charge is -2.28. The van der Waals surface area contributed by atoms with Gasteiger partial charge in [-0.05, 0) is 24.5 Å².